The first kappa shape index (κ1) is 14.6. The van der Waals surface area contributed by atoms with Crippen LogP contribution < -0.4 is 0 Å². The number of aliphatic hydroxyl groups is 1. The molecular weight excluding hydrogens is 278 g/mol. The van der Waals surface area contributed by atoms with E-state index in [1.165, 1.54) is 0 Å². The van der Waals surface area contributed by atoms with Gasteiger partial charge in [-0.15, -0.1) is 0 Å². The number of hydrogen-bond donors (Lipinski definition) is 2. The molecule has 3 rings (SSSR count). The number of allylic oxidation sites excluding steroid dienone is 1. The Hall–Kier alpha value is -2.36. The maximum atomic E-state index is 10.3. The highest BCUT2D eigenvalue weighted by molar-refractivity contribution is 5.82. The summed E-state index contributed by atoms with van der Waals surface area (Å²) in [7, 11) is 2.09. The smallest absolute Gasteiger partial charge is 0.152 e. The Balaban J connectivity index is 1.83. The van der Waals surface area contributed by atoms with Crippen molar-refractivity contribution in [2.45, 2.75) is 0 Å². The third-order valence-corrected chi connectivity index (χ3v) is 4.00. The molecule has 1 aromatic carbocycles. The Bertz CT molecular complexity index is 701. The number of benzene rings is 1. The third-order valence-electron chi connectivity index (χ3n) is 4.00. The molecule has 2 aromatic rings. The highest BCUT2D eigenvalue weighted by atomic mass is 16.3. The average molecular weight is 297 g/mol. The van der Waals surface area contributed by atoms with Crippen molar-refractivity contribution in [3.05, 3.63) is 35.8 Å². The Labute approximate surface area is 129 Å². The molecule has 114 valence electrons. The molecule has 0 aliphatic carbocycles. The van der Waals surface area contributed by atoms with Gasteiger partial charge in [-0.05, 0) is 19.2 Å². The minimum atomic E-state index is 0.0751. The highest BCUT2D eigenvalue weighted by Crippen LogP contribution is 2.19. The number of aromatic amines is 1. The average Bonchev–Trinajstić information content (AvgIpc) is 2.94. The first-order chi connectivity index (χ1) is 10.7. The number of piperazine rings is 1. The zero-order valence-electron chi connectivity index (χ0n) is 12.6. The molecule has 0 unspecified atom stereocenters. The van der Waals surface area contributed by atoms with Gasteiger partial charge in [0.1, 0.15) is 17.4 Å². The van der Waals surface area contributed by atoms with Crippen LogP contribution in [0.15, 0.2) is 30.0 Å². The molecular formula is C16H19N5O. The van der Waals surface area contributed by atoms with E-state index in [0.29, 0.717) is 12.4 Å². The summed E-state index contributed by atoms with van der Waals surface area (Å²) in [4.78, 5) is 11.9. The quantitative estimate of drug-likeness (QED) is 0.664. The van der Waals surface area contributed by atoms with Crippen molar-refractivity contribution in [3.63, 3.8) is 0 Å². The van der Waals surface area contributed by atoms with Gasteiger partial charge in [-0.2, -0.15) is 5.26 Å². The van der Waals surface area contributed by atoms with Crippen molar-refractivity contribution in [2.75, 3.05) is 39.8 Å². The maximum Gasteiger partial charge on any atom is 0.152 e. The predicted octanol–water partition coefficient (Wildman–Crippen LogP) is 1.60. The number of H-pyrrole nitrogens is 1. The molecule has 0 bridgehead atoms. The summed E-state index contributed by atoms with van der Waals surface area (Å²) in [5.41, 5.74) is 1.87. The largest absolute Gasteiger partial charge is 0.509 e. The molecule has 1 fully saturated rings. The lowest BCUT2D eigenvalue weighted by Gasteiger charge is -2.32. The molecule has 22 heavy (non-hydrogen) atoms. The summed E-state index contributed by atoms with van der Waals surface area (Å²) >= 11 is 0. The molecule has 1 aromatic heterocycles. The fourth-order valence-corrected chi connectivity index (χ4v) is 2.62. The molecule has 6 nitrogen and oxygen atoms in total. The van der Waals surface area contributed by atoms with E-state index in [2.05, 4.69) is 32.9 Å². The predicted molar refractivity (Wildman–Crippen MR) is 85.2 cm³/mol. The van der Waals surface area contributed by atoms with Crippen molar-refractivity contribution in [1.29, 1.82) is 5.26 Å². The number of para-hydroxylation sites is 2. The van der Waals surface area contributed by atoms with E-state index in [0.717, 1.165) is 37.2 Å². The molecule has 1 saturated heterocycles. The lowest BCUT2D eigenvalue weighted by atomic mass is 10.2. The van der Waals surface area contributed by atoms with Crippen LogP contribution in [0.2, 0.25) is 0 Å². The zero-order valence-corrected chi connectivity index (χ0v) is 12.6. The summed E-state index contributed by atoms with van der Waals surface area (Å²) in [5.74, 6) is 0.501. The number of nitrogens with zero attached hydrogens (tertiary/aromatic N) is 4. The number of likely N-dealkylation sites (N-methyl/N-ethyl adjacent to an activating group) is 1. The Morgan fingerprint density at radius 3 is 2.73 bits per heavy atom. The lowest BCUT2D eigenvalue weighted by molar-refractivity contribution is 0.150. The summed E-state index contributed by atoms with van der Waals surface area (Å²) in [6, 6.07) is 9.66. The van der Waals surface area contributed by atoms with E-state index in [1.807, 2.05) is 24.3 Å². The van der Waals surface area contributed by atoms with Gasteiger partial charge in [0.2, 0.25) is 0 Å². The van der Waals surface area contributed by atoms with E-state index >= 15 is 0 Å². The number of hydrogen-bond acceptors (Lipinski definition) is 5. The summed E-state index contributed by atoms with van der Waals surface area (Å²) in [6.07, 6.45) is 0. The van der Waals surface area contributed by atoms with Crippen LogP contribution in [0.3, 0.4) is 0 Å². The normalized spacial score (nSPS) is 18.2. The Morgan fingerprint density at radius 1 is 1.32 bits per heavy atom. The van der Waals surface area contributed by atoms with Crippen molar-refractivity contribution in [2.24, 2.45) is 0 Å². The van der Waals surface area contributed by atoms with E-state index in [1.54, 1.807) is 0 Å². The van der Waals surface area contributed by atoms with Gasteiger partial charge < -0.3 is 15.0 Å². The van der Waals surface area contributed by atoms with Gasteiger partial charge in [0.15, 0.2) is 5.82 Å². The molecule has 2 heterocycles. The fraction of sp³-hybridized carbons (Fsp3) is 0.375. The van der Waals surface area contributed by atoms with Crippen molar-refractivity contribution in [3.8, 4) is 6.07 Å². The monoisotopic (exact) mass is 297 g/mol. The van der Waals surface area contributed by atoms with Crippen LogP contribution in [-0.2, 0) is 0 Å². The zero-order chi connectivity index (χ0) is 15.5. The van der Waals surface area contributed by atoms with Crippen LogP contribution in [-0.4, -0.2) is 64.6 Å². The summed E-state index contributed by atoms with van der Waals surface area (Å²) in [6.45, 7) is 4.10. The van der Waals surface area contributed by atoms with E-state index < -0.39 is 0 Å². The maximum absolute atomic E-state index is 10.3. The number of fused-ring (bicyclic) bond motifs is 1. The van der Waals surface area contributed by atoms with Gasteiger partial charge in [-0.25, -0.2) is 4.98 Å². The van der Waals surface area contributed by atoms with Crippen molar-refractivity contribution in [1.82, 2.24) is 19.8 Å². The topological polar surface area (TPSA) is 79.2 Å². The molecule has 0 amide bonds. The Kier molecular flexibility index (Phi) is 4.09. The summed E-state index contributed by atoms with van der Waals surface area (Å²) in [5, 5.41) is 19.7. The standard InChI is InChI=1S/C16H19N5O/c1-20-6-8-21(9-7-20)11-15(22)12(10-17)16-18-13-4-2-3-5-14(13)19-16/h2-5,22H,6-9,11H2,1H3,(H,18,19). The second-order valence-corrected chi connectivity index (χ2v) is 5.62. The molecule has 1 aliphatic heterocycles. The molecule has 0 saturated carbocycles. The van der Waals surface area contributed by atoms with Crippen LogP contribution in [0.4, 0.5) is 0 Å². The number of aromatic nitrogens is 2. The number of nitriles is 1. The first-order valence-corrected chi connectivity index (χ1v) is 7.35. The van der Waals surface area contributed by atoms with Crippen LogP contribution in [0.1, 0.15) is 5.82 Å². The number of imidazole rings is 1. The molecule has 0 radical (unpaired) electrons. The number of aliphatic hydroxyl groups excluding tert-OH is 1. The number of nitrogens with one attached hydrogen (secondary N) is 1. The van der Waals surface area contributed by atoms with Gasteiger partial charge in [0.25, 0.3) is 0 Å². The minimum absolute atomic E-state index is 0.0751. The molecule has 0 atom stereocenters. The molecule has 2 N–H and O–H groups in total. The van der Waals surface area contributed by atoms with Crippen molar-refractivity contribution >= 4 is 16.6 Å². The summed E-state index contributed by atoms with van der Waals surface area (Å²) < 4.78 is 0. The molecule has 6 heteroatoms. The van der Waals surface area contributed by atoms with Crippen LogP contribution >= 0.6 is 0 Å². The van der Waals surface area contributed by atoms with Gasteiger partial charge >= 0.3 is 0 Å². The van der Waals surface area contributed by atoms with E-state index in [4.69, 9.17) is 0 Å². The van der Waals surface area contributed by atoms with Crippen LogP contribution in [0.25, 0.3) is 16.6 Å². The van der Waals surface area contributed by atoms with Gasteiger partial charge in [0.05, 0.1) is 17.6 Å². The second kappa shape index (κ2) is 6.18. The minimum Gasteiger partial charge on any atom is -0.509 e. The van der Waals surface area contributed by atoms with Gasteiger partial charge in [-0.3, -0.25) is 4.90 Å². The SMILES string of the molecule is CN1CCN(CC(O)=C(C#N)c2nc3ccccc3[nH]2)CC1. The molecule has 0 spiro atoms. The Morgan fingerprint density at radius 2 is 2.05 bits per heavy atom. The van der Waals surface area contributed by atoms with Crippen LogP contribution in [0.5, 0.6) is 0 Å². The first-order valence-electron chi connectivity index (χ1n) is 7.35. The fourth-order valence-electron chi connectivity index (χ4n) is 2.62. The highest BCUT2D eigenvalue weighted by Gasteiger charge is 2.18. The van der Waals surface area contributed by atoms with Gasteiger partial charge in [-0.1, -0.05) is 12.1 Å². The number of rotatable bonds is 3. The van der Waals surface area contributed by atoms with Gasteiger partial charge in [0, 0.05) is 26.2 Å². The lowest BCUT2D eigenvalue weighted by Crippen LogP contribution is -2.45. The van der Waals surface area contributed by atoms with E-state index in [9.17, 15) is 10.4 Å². The molecule has 1 aliphatic rings. The second-order valence-electron chi connectivity index (χ2n) is 5.62. The third kappa shape index (κ3) is 2.96. The van der Waals surface area contributed by atoms with E-state index in [-0.39, 0.29) is 11.3 Å². The van der Waals surface area contributed by atoms with Crippen LogP contribution in [0, 0.1) is 11.3 Å². The van der Waals surface area contributed by atoms with Crippen molar-refractivity contribution < 1.29 is 5.11 Å².